The van der Waals surface area contributed by atoms with E-state index in [0.29, 0.717) is 25.2 Å². The molecular formula is C13H16N4O5. The van der Waals surface area contributed by atoms with Crippen molar-refractivity contribution in [3.63, 3.8) is 0 Å². The molecule has 1 aliphatic heterocycles. The van der Waals surface area contributed by atoms with Crippen molar-refractivity contribution in [1.82, 2.24) is 10.2 Å². The first kappa shape index (κ1) is 15.7. The maximum Gasteiger partial charge on any atom is 0.410 e. The molecule has 1 aliphatic rings. The number of primary amides is 1. The summed E-state index contributed by atoms with van der Waals surface area (Å²) in [6.45, 7) is 1.14. The third kappa shape index (κ3) is 3.70. The van der Waals surface area contributed by atoms with E-state index in [1.165, 1.54) is 29.2 Å². The Kier molecular flexibility index (Phi) is 4.89. The summed E-state index contributed by atoms with van der Waals surface area (Å²) in [5.41, 5.74) is 5.83. The zero-order valence-electron chi connectivity index (χ0n) is 11.7. The minimum absolute atomic E-state index is 0.0355. The molecule has 1 atom stereocenters. The number of non-ortho nitro benzene ring substituents is 1. The van der Waals surface area contributed by atoms with Crippen LogP contribution in [0.1, 0.15) is 5.56 Å². The molecule has 0 radical (unpaired) electrons. The fraction of sp³-hybridized carbons (Fsp3) is 0.385. The van der Waals surface area contributed by atoms with Gasteiger partial charge in [-0.05, 0) is 17.7 Å². The fourth-order valence-electron chi connectivity index (χ4n) is 2.12. The average molecular weight is 308 g/mol. The molecule has 0 saturated carbocycles. The molecule has 0 aliphatic carbocycles. The SMILES string of the molecule is NC(=O)C1CNCCN1C(=O)OCc1ccc([N+](=O)[O-])cc1. The summed E-state index contributed by atoms with van der Waals surface area (Å²) in [4.78, 5) is 34.7. The largest absolute Gasteiger partial charge is 0.445 e. The Morgan fingerprint density at radius 2 is 2.09 bits per heavy atom. The number of piperazine rings is 1. The summed E-state index contributed by atoms with van der Waals surface area (Å²) in [5, 5.41) is 13.5. The van der Waals surface area contributed by atoms with Gasteiger partial charge in [0, 0.05) is 31.8 Å². The van der Waals surface area contributed by atoms with Crippen LogP contribution in [0.2, 0.25) is 0 Å². The van der Waals surface area contributed by atoms with Crippen molar-refractivity contribution in [2.45, 2.75) is 12.6 Å². The number of hydrogen-bond acceptors (Lipinski definition) is 6. The number of nitrogens with two attached hydrogens (primary N) is 1. The molecule has 0 spiro atoms. The molecule has 118 valence electrons. The van der Waals surface area contributed by atoms with Gasteiger partial charge in [-0.25, -0.2) is 4.79 Å². The molecule has 1 unspecified atom stereocenters. The number of ether oxygens (including phenoxy) is 1. The lowest BCUT2D eigenvalue weighted by atomic mass is 10.2. The Morgan fingerprint density at radius 3 is 2.68 bits per heavy atom. The van der Waals surface area contributed by atoms with Gasteiger partial charge in [0.1, 0.15) is 12.6 Å². The summed E-state index contributed by atoms with van der Waals surface area (Å²) < 4.78 is 5.13. The van der Waals surface area contributed by atoms with Crippen LogP contribution in [0.5, 0.6) is 0 Å². The van der Waals surface area contributed by atoms with Crippen molar-refractivity contribution in [3.05, 3.63) is 39.9 Å². The smallest absolute Gasteiger partial charge is 0.410 e. The summed E-state index contributed by atoms with van der Waals surface area (Å²) in [5.74, 6) is -0.598. The number of nitrogens with zero attached hydrogens (tertiary/aromatic N) is 2. The van der Waals surface area contributed by atoms with Gasteiger partial charge in [-0.15, -0.1) is 0 Å². The van der Waals surface area contributed by atoms with Crippen molar-refractivity contribution in [3.8, 4) is 0 Å². The lowest BCUT2D eigenvalue weighted by molar-refractivity contribution is -0.384. The van der Waals surface area contributed by atoms with Gasteiger partial charge in [-0.3, -0.25) is 19.8 Å². The predicted octanol–water partition coefficient (Wildman–Crippen LogP) is -0.00950. The molecular weight excluding hydrogens is 292 g/mol. The Hall–Kier alpha value is -2.68. The number of rotatable bonds is 4. The second-order valence-electron chi connectivity index (χ2n) is 4.79. The molecule has 0 bridgehead atoms. The summed E-state index contributed by atoms with van der Waals surface area (Å²) >= 11 is 0. The van der Waals surface area contributed by atoms with Crippen molar-refractivity contribution < 1.29 is 19.2 Å². The number of amides is 2. The van der Waals surface area contributed by atoms with E-state index in [-0.39, 0.29) is 12.3 Å². The Bertz CT molecular complexity index is 574. The average Bonchev–Trinajstić information content (AvgIpc) is 2.53. The van der Waals surface area contributed by atoms with Crippen LogP contribution in [0.25, 0.3) is 0 Å². The lowest BCUT2D eigenvalue weighted by Crippen LogP contribution is -2.58. The van der Waals surface area contributed by atoms with Crippen molar-refractivity contribution in [2.24, 2.45) is 5.73 Å². The van der Waals surface area contributed by atoms with E-state index in [2.05, 4.69) is 5.32 Å². The van der Waals surface area contributed by atoms with E-state index in [1.807, 2.05) is 0 Å². The molecule has 2 amide bonds. The van der Waals surface area contributed by atoms with E-state index < -0.39 is 23.0 Å². The highest BCUT2D eigenvalue weighted by Crippen LogP contribution is 2.13. The first-order valence-electron chi connectivity index (χ1n) is 6.66. The number of nitro benzene ring substituents is 1. The molecule has 1 aromatic rings. The third-order valence-corrected chi connectivity index (χ3v) is 3.32. The summed E-state index contributed by atoms with van der Waals surface area (Å²) in [7, 11) is 0. The number of carbonyl (C=O) groups is 2. The zero-order valence-corrected chi connectivity index (χ0v) is 11.7. The van der Waals surface area contributed by atoms with Crippen LogP contribution in [0.4, 0.5) is 10.5 Å². The standard InChI is InChI=1S/C13H16N4O5/c14-12(18)11-7-15-5-6-16(11)13(19)22-8-9-1-3-10(4-2-9)17(20)21/h1-4,11,15H,5-8H2,(H2,14,18). The summed E-state index contributed by atoms with van der Waals surface area (Å²) in [6, 6.07) is 4.95. The van der Waals surface area contributed by atoms with Gasteiger partial charge in [0.2, 0.25) is 5.91 Å². The van der Waals surface area contributed by atoms with Crippen molar-refractivity contribution in [1.29, 1.82) is 0 Å². The molecule has 1 saturated heterocycles. The number of carbonyl (C=O) groups excluding carboxylic acids is 2. The van der Waals surface area contributed by atoms with E-state index in [4.69, 9.17) is 10.5 Å². The predicted molar refractivity (Wildman–Crippen MR) is 75.8 cm³/mol. The summed E-state index contributed by atoms with van der Waals surface area (Å²) in [6.07, 6.45) is -0.636. The Labute approximate surface area is 126 Å². The normalized spacial score (nSPS) is 17.8. The molecule has 1 aromatic carbocycles. The highest BCUT2D eigenvalue weighted by Gasteiger charge is 2.31. The van der Waals surface area contributed by atoms with E-state index >= 15 is 0 Å². The minimum atomic E-state index is -0.738. The van der Waals surface area contributed by atoms with Crippen LogP contribution in [0.15, 0.2) is 24.3 Å². The topological polar surface area (TPSA) is 128 Å². The van der Waals surface area contributed by atoms with Crippen LogP contribution in [0, 0.1) is 10.1 Å². The molecule has 1 heterocycles. The highest BCUT2D eigenvalue weighted by atomic mass is 16.6. The number of nitro groups is 1. The molecule has 9 heteroatoms. The van der Waals surface area contributed by atoms with Crippen LogP contribution in [-0.4, -0.2) is 47.5 Å². The maximum absolute atomic E-state index is 12.0. The quantitative estimate of drug-likeness (QED) is 0.594. The molecule has 2 rings (SSSR count). The van der Waals surface area contributed by atoms with Crippen LogP contribution in [-0.2, 0) is 16.1 Å². The van der Waals surface area contributed by atoms with Crippen LogP contribution < -0.4 is 11.1 Å². The van der Waals surface area contributed by atoms with Crippen molar-refractivity contribution >= 4 is 17.7 Å². The fourth-order valence-corrected chi connectivity index (χ4v) is 2.12. The van der Waals surface area contributed by atoms with Gasteiger partial charge >= 0.3 is 6.09 Å². The minimum Gasteiger partial charge on any atom is -0.445 e. The maximum atomic E-state index is 12.0. The van der Waals surface area contributed by atoms with Crippen LogP contribution >= 0.6 is 0 Å². The van der Waals surface area contributed by atoms with Crippen molar-refractivity contribution in [2.75, 3.05) is 19.6 Å². The first-order valence-corrected chi connectivity index (χ1v) is 6.66. The molecule has 1 fully saturated rings. The number of nitrogens with one attached hydrogen (secondary N) is 1. The molecule has 22 heavy (non-hydrogen) atoms. The van der Waals surface area contributed by atoms with Gasteiger partial charge in [0.25, 0.3) is 5.69 Å². The van der Waals surface area contributed by atoms with Gasteiger partial charge < -0.3 is 15.8 Å². The highest BCUT2D eigenvalue weighted by molar-refractivity contribution is 5.84. The van der Waals surface area contributed by atoms with E-state index in [1.54, 1.807) is 0 Å². The number of benzene rings is 1. The number of hydrogen-bond donors (Lipinski definition) is 2. The third-order valence-electron chi connectivity index (χ3n) is 3.32. The zero-order chi connectivity index (χ0) is 16.1. The lowest BCUT2D eigenvalue weighted by Gasteiger charge is -2.33. The van der Waals surface area contributed by atoms with Gasteiger partial charge in [0.05, 0.1) is 4.92 Å². The van der Waals surface area contributed by atoms with Gasteiger partial charge in [-0.2, -0.15) is 0 Å². The molecule has 3 N–H and O–H groups in total. The second-order valence-corrected chi connectivity index (χ2v) is 4.79. The van der Waals surface area contributed by atoms with Gasteiger partial charge in [-0.1, -0.05) is 0 Å². The Balaban J connectivity index is 1.93. The molecule has 9 nitrogen and oxygen atoms in total. The van der Waals surface area contributed by atoms with Gasteiger partial charge in [0.15, 0.2) is 0 Å². The molecule has 0 aromatic heterocycles. The first-order chi connectivity index (χ1) is 10.5. The van der Waals surface area contributed by atoms with Crippen LogP contribution in [0.3, 0.4) is 0 Å². The monoisotopic (exact) mass is 308 g/mol. The van der Waals surface area contributed by atoms with E-state index in [9.17, 15) is 19.7 Å². The second kappa shape index (κ2) is 6.85. The Morgan fingerprint density at radius 1 is 1.41 bits per heavy atom. The van der Waals surface area contributed by atoms with E-state index in [0.717, 1.165) is 0 Å².